The maximum Gasteiger partial charge on any atom is 0.232 e. The largest absolute Gasteiger partial charge is 0.333 e. The molecule has 10 heteroatoms. The Hall–Kier alpha value is -4.67. The molecule has 0 fully saturated rings. The molecule has 1 radical (unpaired) electrons. The van der Waals surface area contributed by atoms with Crippen molar-refractivity contribution >= 4 is 71.0 Å². The smallest absolute Gasteiger partial charge is 0.232 e. The third kappa shape index (κ3) is 7.70. The van der Waals surface area contributed by atoms with Crippen molar-refractivity contribution in [3.8, 4) is 28.3 Å². The van der Waals surface area contributed by atoms with E-state index in [1.807, 2.05) is 83.4 Å². The molecule has 0 aliphatic carbocycles. The summed E-state index contributed by atoms with van der Waals surface area (Å²) in [5.41, 5.74) is 6.63. The van der Waals surface area contributed by atoms with E-state index in [4.69, 9.17) is 9.97 Å². The Balaban J connectivity index is 0.000000197. The van der Waals surface area contributed by atoms with Crippen molar-refractivity contribution in [2.45, 2.75) is 37.5 Å². The Morgan fingerprint density at radius 3 is 2.30 bits per heavy atom. The van der Waals surface area contributed by atoms with Crippen LogP contribution in [-0.2, 0) is 26.5 Å². The molecule has 4 nitrogen and oxygen atoms in total. The van der Waals surface area contributed by atoms with Gasteiger partial charge in [-0.25, -0.2) is 0 Å². The molecular formula is C46H37F3GeIrN4S-2. The Bertz CT molecular complexity index is 2870. The van der Waals surface area contributed by atoms with Crippen LogP contribution < -0.4 is 4.40 Å². The van der Waals surface area contributed by atoms with E-state index in [1.165, 1.54) is 11.6 Å². The summed E-state index contributed by atoms with van der Waals surface area (Å²) in [5.74, 6) is 5.97. The number of imidazole rings is 1. The first-order valence-electron chi connectivity index (χ1n) is 18.2. The van der Waals surface area contributed by atoms with Gasteiger partial charge in [-0.05, 0) is 50.5 Å². The van der Waals surface area contributed by atoms with Gasteiger partial charge in [-0.1, -0.05) is 48.0 Å². The number of thiophene rings is 1. The fourth-order valence-electron chi connectivity index (χ4n) is 7.14. The normalized spacial score (nSPS) is 11.7. The van der Waals surface area contributed by atoms with Gasteiger partial charge in [0.15, 0.2) is 0 Å². The van der Waals surface area contributed by atoms with Gasteiger partial charge in [0, 0.05) is 37.7 Å². The summed E-state index contributed by atoms with van der Waals surface area (Å²) in [6.07, 6.45) is 3.27. The van der Waals surface area contributed by atoms with Gasteiger partial charge < -0.3 is 4.57 Å². The predicted octanol–water partition coefficient (Wildman–Crippen LogP) is 12.1. The van der Waals surface area contributed by atoms with Gasteiger partial charge in [0.05, 0.1) is 21.6 Å². The molecule has 4 aromatic heterocycles. The molecular weight excluding hydrogens is 962 g/mol. The maximum absolute atomic E-state index is 15.0. The number of para-hydroxylation sites is 2. The third-order valence-electron chi connectivity index (χ3n) is 9.60. The Morgan fingerprint density at radius 2 is 1.55 bits per heavy atom. The second-order valence-corrected chi connectivity index (χ2v) is 26.7. The minimum atomic E-state index is -1.86. The van der Waals surface area contributed by atoms with Gasteiger partial charge in [-0.3, -0.25) is 9.37 Å². The Labute approximate surface area is 344 Å². The van der Waals surface area contributed by atoms with E-state index in [0.717, 1.165) is 62.6 Å². The summed E-state index contributed by atoms with van der Waals surface area (Å²) in [6.45, 7) is 4.57. The van der Waals surface area contributed by atoms with Crippen molar-refractivity contribution in [3.63, 3.8) is 0 Å². The van der Waals surface area contributed by atoms with Gasteiger partial charge in [0.2, 0.25) is 11.9 Å². The van der Waals surface area contributed by atoms with Crippen molar-refractivity contribution in [2.75, 3.05) is 0 Å². The summed E-state index contributed by atoms with van der Waals surface area (Å²) >= 11 is -0.838. The molecule has 0 N–H and O–H groups in total. The van der Waals surface area contributed by atoms with Crippen molar-refractivity contribution in [2.24, 2.45) is 5.92 Å². The number of hydrogen-bond donors (Lipinski definition) is 0. The zero-order chi connectivity index (χ0) is 38.4. The molecule has 0 atom stereocenters. The van der Waals surface area contributed by atoms with E-state index in [9.17, 15) is 13.2 Å². The molecule has 0 saturated heterocycles. The maximum atomic E-state index is 15.0. The molecule has 9 rings (SSSR count). The minimum absolute atomic E-state index is 0. The number of pyridine rings is 2. The third-order valence-corrected chi connectivity index (χ3v) is 15.1. The van der Waals surface area contributed by atoms with E-state index in [0.29, 0.717) is 22.0 Å². The summed E-state index contributed by atoms with van der Waals surface area (Å²) in [6, 6.07) is 40.8. The Kier molecular flexibility index (Phi) is 11.3. The standard InChI is InChI=1S/C28H13F3N3S.C18H24GeN.Ir/c29-20-12-11-18(25-24(20)19-14-23(30)33-27(31)26(19)35-25)28-32-21-7-3-4-8-22(21)34(28)17-10-9-15-5-1-2-6-16(15)13-17;1-14(2)11-16-12-18(15-9-7-6-8-10-15)20-13-17(16)19(3,4)5;/h1-10,12-14H;6-9,12-14H,11H2,1-5H3;/q2*-1;. The fourth-order valence-corrected chi connectivity index (χ4v) is 11.6. The average Bonchev–Trinajstić information content (AvgIpc) is 3.75. The first-order valence-corrected chi connectivity index (χ1v) is 26.3. The zero-order valence-electron chi connectivity index (χ0n) is 31.4. The topological polar surface area (TPSA) is 43.6 Å². The molecule has 0 spiro atoms. The van der Waals surface area contributed by atoms with E-state index in [1.54, 1.807) is 4.40 Å². The molecule has 4 heterocycles. The minimum Gasteiger partial charge on any atom is -0.333 e. The SMILES string of the molecule is CC(C)Cc1cc(-c2[c-]cccc2)nc[c]1[Ge]([CH3])([CH3])[CH3].Fc1cc2c(sc3c(-c4nc5ccccc5n4-c4ccc5ccccc5c4)[c-]cc(F)c32)c(F)n1.[Ir]. The van der Waals surface area contributed by atoms with E-state index in [-0.39, 0.29) is 35.6 Å². The van der Waals surface area contributed by atoms with Crippen LogP contribution in [0.15, 0.2) is 115 Å². The van der Waals surface area contributed by atoms with Crippen LogP contribution in [0.1, 0.15) is 19.4 Å². The van der Waals surface area contributed by atoms with Crippen LogP contribution >= 0.6 is 11.3 Å². The second-order valence-electron chi connectivity index (χ2n) is 15.1. The number of rotatable bonds is 6. The zero-order valence-corrected chi connectivity index (χ0v) is 36.7. The van der Waals surface area contributed by atoms with Crippen LogP contribution in [0.4, 0.5) is 13.2 Å². The number of halogens is 3. The molecule has 0 aliphatic rings. The number of hydrogen-bond acceptors (Lipinski definition) is 4. The molecule has 0 bridgehead atoms. The van der Waals surface area contributed by atoms with Gasteiger partial charge in [0.1, 0.15) is 0 Å². The van der Waals surface area contributed by atoms with Crippen LogP contribution in [0, 0.1) is 35.8 Å². The molecule has 0 amide bonds. The average molecular weight is 1000 g/mol. The summed E-state index contributed by atoms with van der Waals surface area (Å²) in [7, 11) is 0. The second kappa shape index (κ2) is 16.1. The van der Waals surface area contributed by atoms with Crippen LogP contribution in [0.3, 0.4) is 0 Å². The van der Waals surface area contributed by atoms with E-state index in [2.05, 4.69) is 72.6 Å². The van der Waals surface area contributed by atoms with Crippen molar-refractivity contribution in [3.05, 3.63) is 151 Å². The van der Waals surface area contributed by atoms with Gasteiger partial charge >= 0.3 is 126 Å². The van der Waals surface area contributed by atoms with Gasteiger partial charge in [-0.2, -0.15) is 25.1 Å². The number of aromatic nitrogens is 4. The van der Waals surface area contributed by atoms with Crippen LogP contribution in [0.2, 0.25) is 17.3 Å². The van der Waals surface area contributed by atoms with Crippen molar-refractivity contribution < 1.29 is 33.3 Å². The molecule has 0 aliphatic heterocycles. The molecule has 5 aromatic carbocycles. The van der Waals surface area contributed by atoms with Gasteiger partial charge in [0.25, 0.3) is 0 Å². The first-order chi connectivity index (χ1) is 26.5. The molecule has 9 aromatic rings. The number of fused-ring (bicyclic) bond motifs is 5. The van der Waals surface area contributed by atoms with Crippen LogP contribution in [-0.4, -0.2) is 32.8 Å². The quantitative estimate of drug-likeness (QED) is 0.0947. The number of nitrogens with zero attached hydrogens (tertiary/aromatic N) is 4. The van der Waals surface area contributed by atoms with Gasteiger partial charge in [-0.15, -0.1) is 12.1 Å². The molecule has 0 saturated carbocycles. The molecule has 283 valence electrons. The van der Waals surface area contributed by atoms with E-state index >= 15 is 0 Å². The Morgan fingerprint density at radius 1 is 0.804 bits per heavy atom. The van der Waals surface area contributed by atoms with Crippen molar-refractivity contribution in [1.82, 2.24) is 19.5 Å². The predicted molar refractivity (Wildman–Crippen MR) is 223 cm³/mol. The summed E-state index contributed by atoms with van der Waals surface area (Å²) in [4.78, 5) is 12.8. The van der Waals surface area contributed by atoms with E-state index < -0.39 is 31.0 Å². The molecule has 56 heavy (non-hydrogen) atoms. The molecule has 0 unspecified atom stereocenters. The van der Waals surface area contributed by atoms with Crippen LogP contribution in [0.25, 0.3) is 70.3 Å². The van der Waals surface area contributed by atoms with Crippen molar-refractivity contribution in [1.29, 1.82) is 0 Å². The fraction of sp³-hybridized carbons (Fsp3) is 0.152. The summed E-state index contributed by atoms with van der Waals surface area (Å²) < 4.78 is 47.5. The monoisotopic (exact) mass is 1000 g/mol. The summed E-state index contributed by atoms with van der Waals surface area (Å²) in [5, 5.41) is 2.45. The number of benzene rings is 5. The van der Waals surface area contributed by atoms with Crippen LogP contribution in [0.5, 0.6) is 0 Å². The first kappa shape index (κ1) is 39.6.